The van der Waals surface area contributed by atoms with Gasteiger partial charge in [-0.15, -0.1) is 6.58 Å². The van der Waals surface area contributed by atoms with E-state index in [1.165, 1.54) is 46.6 Å². The monoisotopic (exact) mass is 646 g/mol. The van der Waals surface area contributed by atoms with Gasteiger partial charge >= 0.3 is 12.2 Å². The zero-order valence-electron chi connectivity index (χ0n) is 28.3. The first-order valence-electron chi connectivity index (χ1n) is 16.7. The molecule has 0 bridgehead atoms. The molecule has 10 nitrogen and oxygen atoms in total. The summed E-state index contributed by atoms with van der Waals surface area (Å²) in [5.41, 5.74) is 4.61. The number of fused-ring (bicyclic) bond motifs is 5. The minimum Gasteiger partial charge on any atom is -0.493 e. The number of rotatable bonds is 15. The number of unbranched alkanes of at least 4 members (excludes halogenated alkanes) is 6. The smallest absolute Gasteiger partial charge is 0.415 e. The molecule has 2 aromatic carbocycles. The first-order valence-corrected chi connectivity index (χ1v) is 16.7. The first-order chi connectivity index (χ1) is 22.7. The number of benzene rings is 2. The average Bonchev–Trinajstić information content (AvgIpc) is 3.53. The quantitative estimate of drug-likeness (QED) is 0.0974. The number of carbonyl (C=O) groups excluding carboxylic acids is 2. The molecule has 0 saturated carbocycles. The van der Waals surface area contributed by atoms with E-state index in [9.17, 15) is 9.59 Å². The van der Waals surface area contributed by atoms with E-state index in [-0.39, 0.29) is 13.3 Å². The Bertz CT molecular complexity index is 1600. The van der Waals surface area contributed by atoms with Crippen molar-refractivity contribution in [2.45, 2.75) is 71.3 Å². The fourth-order valence-corrected chi connectivity index (χ4v) is 5.99. The van der Waals surface area contributed by atoms with Gasteiger partial charge < -0.3 is 33.5 Å². The number of methoxy groups -OCH3 is 1. The van der Waals surface area contributed by atoms with Crippen molar-refractivity contribution in [2.24, 2.45) is 0 Å². The summed E-state index contributed by atoms with van der Waals surface area (Å²) in [5.74, 6) is 2.34. The first kappa shape index (κ1) is 33.9. The molecule has 2 aliphatic rings. The summed E-state index contributed by atoms with van der Waals surface area (Å²) >= 11 is 0. The molecule has 1 aromatic heterocycles. The normalized spacial score (nSPS) is 12.7. The van der Waals surface area contributed by atoms with Crippen molar-refractivity contribution in [1.29, 1.82) is 0 Å². The van der Waals surface area contributed by atoms with Crippen molar-refractivity contribution in [3.63, 3.8) is 0 Å². The van der Waals surface area contributed by atoms with E-state index < -0.39 is 12.2 Å². The summed E-state index contributed by atoms with van der Waals surface area (Å²) in [5, 5.41) is 1.68. The lowest BCUT2D eigenvalue weighted by Crippen LogP contribution is -2.40. The van der Waals surface area contributed by atoms with Gasteiger partial charge in [-0.2, -0.15) is 4.57 Å². The molecule has 5 rings (SSSR count). The second-order valence-corrected chi connectivity index (χ2v) is 12.6. The van der Waals surface area contributed by atoms with Gasteiger partial charge in [0.25, 0.3) is 0 Å². The predicted octanol–water partition coefficient (Wildman–Crippen LogP) is 7.28. The predicted molar refractivity (Wildman–Crippen MR) is 180 cm³/mol. The fraction of sp³-hybridized carbons (Fsp3) is 0.486. The van der Waals surface area contributed by atoms with E-state index in [4.69, 9.17) is 23.7 Å². The molecule has 0 radical (unpaired) electrons. The van der Waals surface area contributed by atoms with Gasteiger partial charge in [0.15, 0.2) is 35.7 Å². The number of amides is 2. The summed E-state index contributed by atoms with van der Waals surface area (Å²) in [4.78, 5) is 28.6. The molecule has 0 saturated heterocycles. The summed E-state index contributed by atoms with van der Waals surface area (Å²) < 4.78 is 30.4. The lowest BCUT2D eigenvalue weighted by atomic mass is 9.95. The molecule has 2 aliphatic heterocycles. The maximum absolute atomic E-state index is 13.2. The van der Waals surface area contributed by atoms with E-state index in [1.807, 2.05) is 18.3 Å². The molecular formula is C37H48N3O7+. The van der Waals surface area contributed by atoms with Gasteiger partial charge in [-0.05, 0) is 61.4 Å². The van der Waals surface area contributed by atoms with Gasteiger partial charge in [0, 0.05) is 39.7 Å². The number of hydrogen-bond donors (Lipinski definition) is 0. The number of allylic oxidation sites excluding steroid dienone is 1. The van der Waals surface area contributed by atoms with Crippen LogP contribution in [0.2, 0.25) is 0 Å². The van der Waals surface area contributed by atoms with Crippen molar-refractivity contribution < 1.29 is 37.8 Å². The van der Waals surface area contributed by atoms with Gasteiger partial charge in [0.1, 0.15) is 0 Å². The van der Waals surface area contributed by atoms with Gasteiger partial charge in [-0.3, -0.25) is 0 Å². The topological polar surface area (TPSA) is 90.7 Å². The van der Waals surface area contributed by atoms with Gasteiger partial charge in [0.2, 0.25) is 12.5 Å². The Kier molecular flexibility index (Phi) is 11.5. The zero-order valence-corrected chi connectivity index (χ0v) is 28.3. The van der Waals surface area contributed by atoms with Crippen LogP contribution in [-0.4, -0.2) is 69.7 Å². The van der Waals surface area contributed by atoms with Crippen molar-refractivity contribution in [3.8, 4) is 34.3 Å². The van der Waals surface area contributed by atoms with Gasteiger partial charge in [0.05, 0.1) is 24.7 Å². The molecule has 10 heteroatoms. The van der Waals surface area contributed by atoms with Crippen molar-refractivity contribution in [3.05, 3.63) is 54.2 Å². The summed E-state index contributed by atoms with van der Waals surface area (Å²) in [7, 11) is 4.88. The number of hydrogen-bond acceptors (Lipinski definition) is 7. The van der Waals surface area contributed by atoms with Crippen LogP contribution in [0.5, 0.6) is 23.0 Å². The second kappa shape index (κ2) is 15.9. The van der Waals surface area contributed by atoms with Crippen molar-refractivity contribution in [1.82, 2.24) is 9.80 Å². The standard InChI is InChI=1S/C37H48N3O7/c1-26(2)13-11-9-7-6-8-10-12-20-44-36(41)38(3)18-19-39(4)37(42)47-35-30-24-40-17-16-28-22-33-34(46-25-45-33)23-29(28)31(40)21-27(30)14-15-32(35)43-5/h14-15,21-24H,1,6-13,16-20,25H2,2-5H3/q+1. The minimum atomic E-state index is -0.544. The number of pyridine rings is 1. The van der Waals surface area contributed by atoms with Crippen LogP contribution < -0.4 is 23.5 Å². The van der Waals surface area contributed by atoms with Gasteiger partial charge in [-0.25, -0.2) is 9.59 Å². The third-order valence-electron chi connectivity index (χ3n) is 8.85. The third kappa shape index (κ3) is 8.47. The Morgan fingerprint density at radius 2 is 1.60 bits per heavy atom. The Morgan fingerprint density at radius 1 is 0.915 bits per heavy atom. The molecule has 252 valence electrons. The van der Waals surface area contributed by atoms with Gasteiger partial charge in [-0.1, -0.05) is 37.7 Å². The molecule has 0 fully saturated rings. The Hall–Kier alpha value is -4.47. The van der Waals surface area contributed by atoms with E-state index >= 15 is 0 Å². The van der Waals surface area contributed by atoms with Crippen LogP contribution in [-0.2, 0) is 17.7 Å². The highest BCUT2D eigenvalue weighted by molar-refractivity contribution is 5.93. The van der Waals surface area contributed by atoms with Crippen molar-refractivity contribution >= 4 is 23.0 Å². The highest BCUT2D eigenvalue weighted by Crippen LogP contribution is 2.41. The largest absolute Gasteiger partial charge is 0.493 e. The Labute approximate surface area is 277 Å². The number of aryl methyl sites for hydroxylation is 2. The number of likely N-dealkylation sites (N-methyl/N-ethyl adjacent to an activating group) is 2. The van der Waals surface area contributed by atoms with E-state index in [0.29, 0.717) is 24.7 Å². The molecule has 0 spiro atoms. The Balaban J connectivity index is 1.12. The minimum absolute atomic E-state index is 0.233. The summed E-state index contributed by atoms with van der Waals surface area (Å²) in [6.45, 7) is 8.01. The van der Waals surface area contributed by atoms with Crippen LogP contribution in [0, 0.1) is 0 Å². The molecule has 0 aliphatic carbocycles. The molecule has 3 aromatic rings. The summed E-state index contributed by atoms with van der Waals surface area (Å²) in [6, 6.07) is 9.97. The number of nitrogens with zero attached hydrogens (tertiary/aromatic N) is 3. The zero-order chi connectivity index (χ0) is 33.3. The molecule has 0 atom stereocenters. The number of carbonyl (C=O) groups is 2. The maximum atomic E-state index is 13.2. The van der Waals surface area contributed by atoms with Crippen LogP contribution in [0.3, 0.4) is 0 Å². The highest BCUT2D eigenvalue weighted by Gasteiger charge is 2.29. The molecular weight excluding hydrogens is 598 g/mol. The Morgan fingerprint density at radius 3 is 2.32 bits per heavy atom. The van der Waals surface area contributed by atoms with Crippen LogP contribution in [0.25, 0.3) is 22.0 Å². The van der Waals surface area contributed by atoms with Crippen LogP contribution in [0.15, 0.2) is 48.7 Å². The van der Waals surface area contributed by atoms with E-state index in [2.05, 4.69) is 30.2 Å². The lowest BCUT2D eigenvalue weighted by Gasteiger charge is -2.22. The molecule has 3 heterocycles. The lowest BCUT2D eigenvalue weighted by molar-refractivity contribution is -0.686. The highest BCUT2D eigenvalue weighted by atomic mass is 16.7. The average molecular weight is 647 g/mol. The van der Waals surface area contributed by atoms with Crippen LogP contribution in [0.1, 0.15) is 63.9 Å². The third-order valence-corrected chi connectivity index (χ3v) is 8.85. The SMILES string of the molecule is C=C(C)CCCCCCCCCOC(=O)N(C)CCN(C)C(=O)Oc1c(OC)ccc2cc3[n+](cc12)CCc1cc2c(cc1-3)OCO2. The number of ether oxygens (including phenoxy) is 5. The molecule has 0 N–H and O–H groups in total. The maximum Gasteiger partial charge on any atom is 0.415 e. The van der Waals surface area contributed by atoms with Crippen molar-refractivity contribution in [2.75, 3.05) is 47.7 Å². The summed E-state index contributed by atoms with van der Waals surface area (Å²) in [6.07, 6.45) is 11.0. The molecule has 2 amide bonds. The fourth-order valence-electron chi connectivity index (χ4n) is 5.99. The van der Waals surface area contributed by atoms with E-state index in [0.717, 1.165) is 72.2 Å². The van der Waals surface area contributed by atoms with E-state index in [1.54, 1.807) is 27.3 Å². The number of aromatic nitrogens is 1. The molecule has 47 heavy (non-hydrogen) atoms. The van der Waals surface area contributed by atoms with Crippen LogP contribution in [0.4, 0.5) is 9.59 Å². The molecule has 0 unspecified atom stereocenters. The van der Waals surface area contributed by atoms with Crippen LogP contribution >= 0.6 is 0 Å². The second-order valence-electron chi connectivity index (χ2n) is 12.6.